The first kappa shape index (κ1) is 17.9. The number of rotatable bonds is 4. The molecule has 1 fully saturated rings. The number of nitrogens with zero attached hydrogens (tertiary/aromatic N) is 2. The summed E-state index contributed by atoms with van der Waals surface area (Å²) < 4.78 is 39.9. The van der Waals surface area contributed by atoms with Gasteiger partial charge in [0.2, 0.25) is 15.9 Å². The van der Waals surface area contributed by atoms with Crippen molar-refractivity contribution in [1.82, 2.24) is 9.21 Å². The number of aryl methyl sites for hydroxylation is 1. The van der Waals surface area contributed by atoms with Gasteiger partial charge >= 0.3 is 0 Å². The highest BCUT2D eigenvalue weighted by Gasteiger charge is 2.30. The van der Waals surface area contributed by atoms with Gasteiger partial charge in [0.15, 0.2) is 0 Å². The summed E-state index contributed by atoms with van der Waals surface area (Å²) >= 11 is 0. The molecule has 0 atom stereocenters. The van der Waals surface area contributed by atoms with Crippen molar-refractivity contribution in [2.45, 2.75) is 32.1 Å². The zero-order chi connectivity index (χ0) is 17.2. The lowest BCUT2D eigenvalue weighted by Crippen LogP contribution is -2.50. The summed E-state index contributed by atoms with van der Waals surface area (Å²) in [6.07, 6.45) is 0.476. The van der Waals surface area contributed by atoms with Crippen LogP contribution in [0.2, 0.25) is 0 Å². The van der Waals surface area contributed by atoms with Gasteiger partial charge in [-0.2, -0.15) is 4.31 Å². The van der Waals surface area contributed by atoms with E-state index in [1.54, 1.807) is 4.90 Å². The fourth-order valence-electron chi connectivity index (χ4n) is 2.58. The standard InChI is InChI=1S/C16H23FN2O3S/c1-12(2)10-16(20)18-6-8-19(9-7-18)23(21,22)14-4-5-15(17)13(3)11-14/h4-5,11-12H,6-10H2,1-3H3. The summed E-state index contributed by atoms with van der Waals surface area (Å²) in [6.45, 7) is 6.82. The molecule has 23 heavy (non-hydrogen) atoms. The van der Waals surface area contributed by atoms with Crippen molar-refractivity contribution in [3.63, 3.8) is 0 Å². The van der Waals surface area contributed by atoms with E-state index in [0.717, 1.165) is 0 Å². The Kier molecular flexibility index (Phi) is 5.41. The summed E-state index contributed by atoms with van der Waals surface area (Å²) in [6, 6.07) is 3.81. The first-order chi connectivity index (χ1) is 10.7. The van der Waals surface area contributed by atoms with Crippen LogP contribution >= 0.6 is 0 Å². The van der Waals surface area contributed by atoms with Crippen LogP contribution in [0.1, 0.15) is 25.8 Å². The molecule has 7 heteroatoms. The average molecular weight is 342 g/mol. The quantitative estimate of drug-likeness (QED) is 0.841. The van der Waals surface area contributed by atoms with Crippen molar-refractivity contribution in [3.8, 4) is 0 Å². The number of hydrogen-bond acceptors (Lipinski definition) is 3. The highest BCUT2D eigenvalue weighted by atomic mass is 32.2. The van der Waals surface area contributed by atoms with Crippen LogP contribution in [0, 0.1) is 18.7 Å². The lowest BCUT2D eigenvalue weighted by atomic mass is 10.1. The maximum atomic E-state index is 13.3. The zero-order valence-corrected chi connectivity index (χ0v) is 14.6. The lowest BCUT2D eigenvalue weighted by molar-refractivity contribution is -0.133. The molecular formula is C16H23FN2O3S. The van der Waals surface area contributed by atoms with E-state index in [2.05, 4.69) is 0 Å². The van der Waals surface area contributed by atoms with Gasteiger partial charge in [-0.1, -0.05) is 13.8 Å². The third-order valence-electron chi connectivity index (χ3n) is 3.94. The Labute approximate surface area is 137 Å². The summed E-state index contributed by atoms with van der Waals surface area (Å²) in [7, 11) is -3.64. The smallest absolute Gasteiger partial charge is 0.243 e. The van der Waals surface area contributed by atoms with Crippen LogP contribution < -0.4 is 0 Å². The maximum Gasteiger partial charge on any atom is 0.243 e. The summed E-state index contributed by atoms with van der Waals surface area (Å²) in [5.74, 6) is -0.0748. The molecule has 1 aromatic rings. The van der Waals surface area contributed by atoms with Crippen molar-refractivity contribution < 1.29 is 17.6 Å². The number of amides is 1. The van der Waals surface area contributed by atoms with Crippen molar-refractivity contribution in [2.24, 2.45) is 5.92 Å². The van der Waals surface area contributed by atoms with E-state index in [-0.39, 0.29) is 29.8 Å². The number of carbonyl (C=O) groups excluding carboxylic acids is 1. The average Bonchev–Trinajstić information content (AvgIpc) is 2.49. The number of hydrogen-bond donors (Lipinski definition) is 0. The van der Waals surface area contributed by atoms with E-state index in [0.29, 0.717) is 25.1 Å². The molecule has 0 bridgehead atoms. The molecule has 0 N–H and O–H groups in total. The van der Waals surface area contributed by atoms with Crippen LogP contribution in [-0.4, -0.2) is 49.7 Å². The highest BCUT2D eigenvalue weighted by molar-refractivity contribution is 7.89. The molecular weight excluding hydrogens is 319 g/mol. The number of halogens is 1. The molecule has 0 radical (unpaired) electrons. The van der Waals surface area contributed by atoms with Gasteiger partial charge in [0.25, 0.3) is 0 Å². The molecule has 2 rings (SSSR count). The molecule has 1 aromatic carbocycles. The van der Waals surface area contributed by atoms with E-state index in [1.165, 1.54) is 29.4 Å². The largest absolute Gasteiger partial charge is 0.340 e. The van der Waals surface area contributed by atoms with Crippen molar-refractivity contribution in [2.75, 3.05) is 26.2 Å². The van der Waals surface area contributed by atoms with Gasteiger partial charge in [-0.3, -0.25) is 4.79 Å². The second kappa shape index (κ2) is 6.97. The van der Waals surface area contributed by atoms with E-state index < -0.39 is 15.8 Å². The van der Waals surface area contributed by atoms with Gasteiger partial charge < -0.3 is 4.90 Å². The van der Waals surface area contributed by atoms with E-state index >= 15 is 0 Å². The molecule has 0 aromatic heterocycles. The highest BCUT2D eigenvalue weighted by Crippen LogP contribution is 2.20. The minimum atomic E-state index is -3.64. The third-order valence-corrected chi connectivity index (χ3v) is 5.84. The van der Waals surface area contributed by atoms with Gasteiger partial charge in [-0.05, 0) is 36.6 Å². The second-order valence-electron chi connectivity index (χ2n) is 6.29. The van der Waals surface area contributed by atoms with E-state index in [1.807, 2.05) is 13.8 Å². The van der Waals surface area contributed by atoms with Gasteiger partial charge in [0.1, 0.15) is 5.82 Å². The van der Waals surface area contributed by atoms with Crippen LogP contribution in [0.25, 0.3) is 0 Å². The third kappa shape index (κ3) is 4.09. The predicted molar refractivity (Wildman–Crippen MR) is 85.9 cm³/mol. The monoisotopic (exact) mass is 342 g/mol. The number of carbonyl (C=O) groups is 1. The molecule has 0 saturated carbocycles. The Hall–Kier alpha value is -1.47. The first-order valence-electron chi connectivity index (χ1n) is 7.76. The van der Waals surface area contributed by atoms with Crippen molar-refractivity contribution in [1.29, 1.82) is 0 Å². The molecule has 5 nitrogen and oxygen atoms in total. The van der Waals surface area contributed by atoms with E-state index in [9.17, 15) is 17.6 Å². The molecule has 1 aliphatic rings. The molecule has 1 heterocycles. The van der Waals surface area contributed by atoms with Gasteiger partial charge in [-0.15, -0.1) is 0 Å². The predicted octanol–water partition coefficient (Wildman–Crippen LogP) is 2.01. The Balaban J connectivity index is 2.06. The SMILES string of the molecule is Cc1cc(S(=O)(=O)N2CCN(C(=O)CC(C)C)CC2)ccc1F. The Bertz CT molecular complexity index is 681. The van der Waals surface area contributed by atoms with Crippen LogP contribution in [0.4, 0.5) is 4.39 Å². The zero-order valence-electron chi connectivity index (χ0n) is 13.8. The fraction of sp³-hybridized carbons (Fsp3) is 0.562. The van der Waals surface area contributed by atoms with Crippen LogP contribution in [0.15, 0.2) is 23.1 Å². The summed E-state index contributed by atoms with van der Waals surface area (Å²) in [5.41, 5.74) is 0.303. The number of sulfonamides is 1. The molecule has 1 amide bonds. The molecule has 0 aliphatic carbocycles. The molecule has 1 aliphatic heterocycles. The van der Waals surface area contributed by atoms with E-state index in [4.69, 9.17) is 0 Å². The van der Waals surface area contributed by atoms with Crippen LogP contribution in [0.5, 0.6) is 0 Å². The molecule has 128 valence electrons. The van der Waals surface area contributed by atoms with Gasteiger partial charge in [-0.25, -0.2) is 12.8 Å². The Morgan fingerprint density at radius 3 is 2.35 bits per heavy atom. The summed E-state index contributed by atoms with van der Waals surface area (Å²) in [4.78, 5) is 13.8. The van der Waals surface area contributed by atoms with Gasteiger partial charge in [0.05, 0.1) is 4.90 Å². The van der Waals surface area contributed by atoms with Crippen molar-refractivity contribution in [3.05, 3.63) is 29.6 Å². The Morgan fingerprint density at radius 2 is 1.83 bits per heavy atom. The van der Waals surface area contributed by atoms with Crippen molar-refractivity contribution >= 4 is 15.9 Å². The molecule has 0 spiro atoms. The fourth-order valence-corrected chi connectivity index (χ4v) is 4.09. The van der Waals surface area contributed by atoms with Crippen LogP contribution in [0.3, 0.4) is 0 Å². The summed E-state index contributed by atoms with van der Waals surface area (Å²) in [5, 5.41) is 0. The Morgan fingerprint density at radius 1 is 1.22 bits per heavy atom. The molecule has 0 unspecified atom stereocenters. The number of piperazine rings is 1. The minimum absolute atomic E-state index is 0.0645. The normalized spacial score (nSPS) is 16.8. The molecule has 1 saturated heterocycles. The second-order valence-corrected chi connectivity index (χ2v) is 8.23. The van der Waals surface area contributed by atoms with Gasteiger partial charge in [0, 0.05) is 32.6 Å². The maximum absolute atomic E-state index is 13.3. The number of benzene rings is 1. The lowest BCUT2D eigenvalue weighted by Gasteiger charge is -2.34. The topological polar surface area (TPSA) is 57.7 Å². The first-order valence-corrected chi connectivity index (χ1v) is 9.20. The van der Waals surface area contributed by atoms with Crippen LogP contribution in [-0.2, 0) is 14.8 Å². The minimum Gasteiger partial charge on any atom is -0.340 e.